The number of primary amides is 1. The Morgan fingerprint density at radius 1 is 1.40 bits per heavy atom. The second kappa shape index (κ2) is 6.40. The maximum Gasteiger partial charge on any atom is 0.248 e. The van der Waals surface area contributed by atoms with E-state index in [0.717, 1.165) is 5.56 Å². The van der Waals surface area contributed by atoms with Gasteiger partial charge in [-0.15, -0.1) is 12.4 Å². The number of amides is 1. The molecule has 5 N–H and O–H groups in total. The molecule has 1 atom stereocenters. The summed E-state index contributed by atoms with van der Waals surface area (Å²) in [4.78, 5) is 11.0. The van der Waals surface area contributed by atoms with E-state index in [2.05, 4.69) is 0 Å². The molecular formula is C10H15ClN2O2. The molecule has 0 bridgehead atoms. The molecule has 0 saturated heterocycles. The molecule has 0 aliphatic heterocycles. The molecule has 84 valence electrons. The van der Waals surface area contributed by atoms with E-state index < -0.39 is 5.91 Å². The number of hydrogen-bond acceptors (Lipinski definition) is 3. The number of aliphatic hydroxyl groups is 1. The number of carbonyl (C=O) groups excluding carboxylic acids is 1. The van der Waals surface area contributed by atoms with Crippen molar-refractivity contribution in [1.29, 1.82) is 0 Å². The van der Waals surface area contributed by atoms with E-state index in [4.69, 9.17) is 16.6 Å². The van der Waals surface area contributed by atoms with E-state index >= 15 is 0 Å². The molecule has 0 radical (unpaired) electrons. The fourth-order valence-electron chi connectivity index (χ4n) is 1.29. The number of nitrogens with two attached hydrogens (primary N) is 2. The summed E-state index contributed by atoms with van der Waals surface area (Å²) in [5.41, 5.74) is 12.0. The molecule has 0 saturated carbocycles. The zero-order valence-electron chi connectivity index (χ0n) is 8.22. The van der Waals surface area contributed by atoms with Gasteiger partial charge < -0.3 is 16.6 Å². The Morgan fingerprint density at radius 2 is 2.00 bits per heavy atom. The van der Waals surface area contributed by atoms with Crippen LogP contribution < -0.4 is 11.5 Å². The van der Waals surface area contributed by atoms with Gasteiger partial charge in [0.2, 0.25) is 5.91 Å². The largest absolute Gasteiger partial charge is 0.395 e. The standard InChI is InChI=1S/C10H14N2O2.ClH/c11-8(6-13)5-7-3-1-2-4-9(7)10(12)14;/h1-4,8,13H,5-6,11H2,(H2,12,14);1H/t8-;/m1./s1. The van der Waals surface area contributed by atoms with E-state index in [1.54, 1.807) is 18.2 Å². The van der Waals surface area contributed by atoms with E-state index in [1.165, 1.54) is 0 Å². The average molecular weight is 231 g/mol. The first-order chi connectivity index (χ1) is 6.65. The predicted molar refractivity (Wildman–Crippen MR) is 61.0 cm³/mol. The average Bonchev–Trinajstić information content (AvgIpc) is 2.18. The highest BCUT2D eigenvalue weighted by atomic mass is 35.5. The fraction of sp³-hybridized carbons (Fsp3) is 0.300. The zero-order valence-corrected chi connectivity index (χ0v) is 9.04. The van der Waals surface area contributed by atoms with Crippen LogP contribution in [0.15, 0.2) is 24.3 Å². The van der Waals surface area contributed by atoms with Gasteiger partial charge in [-0.1, -0.05) is 18.2 Å². The molecule has 0 unspecified atom stereocenters. The minimum atomic E-state index is -0.467. The number of benzene rings is 1. The van der Waals surface area contributed by atoms with Gasteiger partial charge in [-0.3, -0.25) is 4.79 Å². The molecule has 1 rings (SSSR count). The predicted octanol–water partition coefficient (Wildman–Crippen LogP) is 0.0694. The molecule has 0 aromatic heterocycles. The minimum absolute atomic E-state index is 0. The lowest BCUT2D eigenvalue weighted by Crippen LogP contribution is -2.28. The first-order valence-electron chi connectivity index (χ1n) is 4.39. The van der Waals surface area contributed by atoms with Crippen molar-refractivity contribution in [3.63, 3.8) is 0 Å². The third-order valence-electron chi connectivity index (χ3n) is 2.00. The van der Waals surface area contributed by atoms with Crippen molar-refractivity contribution in [3.8, 4) is 0 Å². The van der Waals surface area contributed by atoms with Crippen molar-refractivity contribution in [1.82, 2.24) is 0 Å². The van der Waals surface area contributed by atoms with Crippen LogP contribution in [0.3, 0.4) is 0 Å². The number of aliphatic hydroxyl groups excluding tert-OH is 1. The van der Waals surface area contributed by atoms with Crippen LogP contribution in [0.25, 0.3) is 0 Å². The van der Waals surface area contributed by atoms with Crippen molar-refractivity contribution in [3.05, 3.63) is 35.4 Å². The van der Waals surface area contributed by atoms with Gasteiger partial charge in [0.1, 0.15) is 0 Å². The Balaban J connectivity index is 0.00000196. The Bertz CT molecular complexity index is 331. The molecule has 0 aliphatic rings. The zero-order chi connectivity index (χ0) is 10.6. The number of halogens is 1. The number of hydrogen-bond donors (Lipinski definition) is 3. The quantitative estimate of drug-likeness (QED) is 0.684. The lowest BCUT2D eigenvalue weighted by molar-refractivity contribution is 0.0999. The summed E-state index contributed by atoms with van der Waals surface area (Å²) in [7, 11) is 0. The molecule has 0 aliphatic carbocycles. The van der Waals surface area contributed by atoms with E-state index in [-0.39, 0.29) is 25.1 Å². The monoisotopic (exact) mass is 230 g/mol. The Morgan fingerprint density at radius 3 is 2.53 bits per heavy atom. The van der Waals surface area contributed by atoms with Crippen LogP contribution in [0.2, 0.25) is 0 Å². The van der Waals surface area contributed by atoms with E-state index in [0.29, 0.717) is 12.0 Å². The highest BCUT2D eigenvalue weighted by Crippen LogP contribution is 2.09. The summed E-state index contributed by atoms with van der Waals surface area (Å²) < 4.78 is 0. The Kier molecular flexibility index (Phi) is 5.93. The fourth-order valence-corrected chi connectivity index (χ4v) is 1.29. The van der Waals surface area contributed by atoms with Gasteiger partial charge in [0.05, 0.1) is 6.61 Å². The molecule has 0 spiro atoms. The molecule has 1 amide bonds. The van der Waals surface area contributed by atoms with Crippen molar-refractivity contribution < 1.29 is 9.90 Å². The van der Waals surface area contributed by atoms with Crippen LogP contribution >= 0.6 is 12.4 Å². The highest BCUT2D eigenvalue weighted by molar-refractivity contribution is 5.94. The van der Waals surface area contributed by atoms with Crippen LogP contribution in [-0.2, 0) is 6.42 Å². The van der Waals surface area contributed by atoms with Gasteiger partial charge in [0, 0.05) is 11.6 Å². The Labute approximate surface area is 94.7 Å². The van der Waals surface area contributed by atoms with Gasteiger partial charge >= 0.3 is 0 Å². The number of carbonyl (C=O) groups is 1. The lowest BCUT2D eigenvalue weighted by atomic mass is 10.0. The van der Waals surface area contributed by atoms with Gasteiger partial charge in [0.25, 0.3) is 0 Å². The molecular weight excluding hydrogens is 216 g/mol. The third kappa shape index (κ3) is 3.87. The summed E-state index contributed by atoms with van der Waals surface area (Å²) in [5.74, 6) is -0.467. The first kappa shape index (κ1) is 13.9. The van der Waals surface area contributed by atoms with Crippen LogP contribution in [0.1, 0.15) is 15.9 Å². The molecule has 0 heterocycles. The van der Waals surface area contributed by atoms with E-state index in [1.807, 2.05) is 6.07 Å². The first-order valence-corrected chi connectivity index (χ1v) is 4.39. The summed E-state index contributed by atoms with van der Waals surface area (Å²) in [6.45, 7) is -0.104. The topological polar surface area (TPSA) is 89.3 Å². The molecule has 1 aromatic carbocycles. The number of rotatable bonds is 4. The minimum Gasteiger partial charge on any atom is -0.395 e. The van der Waals surface area contributed by atoms with Crippen LogP contribution in [0, 0.1) is 0 Å². The van der Waals surface area contributed by atoms with Crippen molar-refractivity contribution in [2.75, 3.05) is 6.61 Å². The highest BCUT2D eigenvalue weighted by Gasteiger charge is 2.09. The Hall–Kier alpha value is -1.10. The second-order valence-corrected chi connectivity index (χ2v) is 3.17. The van der Waals surface area contributed by atoms with Gasteiger partial charge in [-0.25, -0.2) is 0 Å². The van der Waals surface area contributed by atoms with Crippen molar-refractivity contribution in [2.45, 2.75) is 12.5 Å². The summed E-state index contributed by atoms with van der Waals surface area (Å²) in [6.07, 6.45) is 0.454. The summed E-state index contributed by atoms with van der Waals surface area (Å²) >= 11 is 0. The summed E-state index contributed by atoms with van der Waals surface area (Å²) in [5, 5.41) is 8.78. The molecule has 1 aromatic rings. The van der Waals surface area contributed by atoms with Gasteiger partial charge in [-0.05, 0) is 18.1 Å². The normalized spacial score (nSPS) is 11.6. The maximum absolute atomic E-state index is 11.0. The smallest absolute Gasteiger partial charge is 0.248 e. The second-order valence-electron chi connectivity index (χ2n) is 3.17. The third-order valence-corrected chi connectivity index (χ3v) is 2.00. The summed E-state index contributed by atoms with van der Waals surface area (Å²) in [6, 6.07) is 6.65. The maximum atomic E-state index is 11.0. The van der Waals surface area contributed by atoms with Crippen molar-refractivity contribution in [2.24, 2.45) is 11.5 Å². The molecule has 0 fully saturated rings. The lowest BCUT2D eigenvalue weighted by Gasteiger charge is -2.10. The van der Waals surface area contributed by atoms with Gasteiger partial charge in [0.15, 0.2) is 0 Å². The van der Waals surface area contributed by atoms with Crippen LogP contribution in [0.5, 0.6) is 0 Å². The van der Waals surface area contributed by atoms with Crippen molar-refractivity contribution >= 4 is 18.3 Å². The van der Waals surface area contributed by atoms with Gasteiger partial charge in [-0.2, -0.15) is 0 Å². The van der Waals surface area contributed by atoms with E-state index in [9.17, 15) is 4.79 Å². The molecule has 5 heteroatoms. The molecule has 4 nitrogen and oxygen atoms in total. The van der Waals surface area contributed by atoms with Crippen LogP contribution in [-0.4, -0.2) is 23.7 Å². The van der Waals surface area contributed by atoms with Crippen LogP contribution in [0.4, 0.5) is 0 Å². The molecule has 15 heavy (non-hydrogen) atoms. The SMILES string of the molecule is Cl.NC(=O)c1ccccc1C[C@@H](N)CO.